The molecule has 3 aromatic rings. The molecule has 0 saturated carbocycles. The normalized spacial score (nSPS) is 13.8. The van der Waals surface area contributed by atoms with Crippen LogP contribution in [0.3, 0.4) is 0 Å². The molecule has 0 amide bonds. The van der Waals surface area contributed by atoms with Gasteiger partial charge in [-0.2, -0.15) is 0 Å². The monoisotopic (exact) mass is 452 g/mol. The van der Waals surface area contributed by atoms with Crippen LogP contribution in [0.2, 0.25) is 0 Å². The highest BCUT2D eigenvalue weighted by atomic mass is 32.2. The third kappa shape index (κ3) is 4.46. The molecule has 3 aromatic carbocycles. The second-order valence-corrected chi connectivity index (χ2v) is 10.3. The molecular weight excluding hydrogens is 425 g/mol. The van der Waals surface area contributed by atoms with Crippen LogP contribution in [0.4, 0.5) is 10.1 Å². The first-order chi connectivity index (χ1) is 15.3. The SMILES string of the molecule is COc1cc2c(cc1S(=O)(=O)c1ccc(Cc3ccc(C)c(F)c3)cc1)CC[C+](C)CN2. The summed E-state index contributed by atoms with van der Waals surface area (Å²) < 4.78 is 46.2. The van der Waals surface area contributed by atoms with Crippen molar-refractivity contribution in [3.8, 4) is 5.75 Å². The molecule has 0 unspecified atom stereocenters. The number of hydrogen-bond donors (Lipinski definition) is 1. The molecule has 166 valence electrons. The molecule has 32 heavy (non-hydrogen) atoms. The van der Waals surface area contributed by atoms with Gasteiger partial charge in [0.2, 0.25) is 9.84 Å². The van der Waals surface area contributed by atoms with E-state index in [1.807, 2.05) is 6.07 Å². The molecule has 0 radical (unpaired) electrons. The maximum atomic E-state index is 13.8. The van der Waals surface area contributed by atoms with Gasteiger partial charge in [-0.25, -0.2) is 12.8 Å². The third-order valence-corrected chi connectivity index (χ3v) is 7.75. The van der Waals surface area contributed by atoms with Crippen molar-refractivity contribution >= 4 is 15.5 Å². The fraction of sp³-hybridized carbons (Fsp3) is 0.269. The number of aryl methyl sites for hydroxylation is 2. The molecule has 0 atom stereocenters. The van der Waals surface area contributed by atoms with Crippen LogP contribution in [-0.2, 0) is 22.7 Å². The lowest BCUT2D eigenvalue weighted by molar-refractivity contribution is 0.402. The molecule has 0 fully saturated rings. The number of benzene rings is 3. The average molecular weight is 453 g/mol. The first kappa shape index (κ1) is 22.2. The molecule has 6 heteroatoms. The zero-order valence-corrected chi connectivity index (χ0v) is 19.4. The van der Waals surface area contributed by atoms with Gasteiger partial charge in [-0.1, -0.05) is 24.3 Å². The molecular formula is C26H27FNO3S+. The van der Waals surface area contributed by atoms with Crippen molar-refractivity contribution in [2.24, 2.45) is 0 Å². The summed E-state index contributed by atoms with van der Waals surface area (Å²) in [6, 6.07) is 15.4. The molecule has 1 aliphatic heterocycles. The number of methoxy groups -OCH3 is 1. The van der Waals surface area contributed by atoms with Crippen molar-refractivity contribution < 1.29 is 17.5 Å². The number of nitrogens with one attached hydrogen (secondary N) is 1. The van der Waals surface area contributed by atoms with E-state index in [1.54, 1.807) is 49.4 Å². The first-order valence-electron chi connectivity index (χ1n) is 10.6. The van der Waals surface area contributed by atoms with Crippen LogP contribution in [-0.4, -0.2) is 22.1 Å². The summed E-state index contributed by atoms with van der Waals surface area (Å²) in [5.74, 6) is 1.42. The minimum atomic E-state index is -3.76. The molecule has 1 heterocycles. The second-order valence-electron chi connectivity index (χ2n) is 8.38. The molecule has 0 aliphatic carbocycles. The van der Waals surface area contributed by atoms with Crippen molar-refractivity contribution in [2.75, 3.05) is 19.0 Å². The van der Waals surface area contributed by atoms with Crippen molar-refractivity contribution in [1.29, 1.82) is 0 Å². The highest BCUT2D eigenvalue weighted by Crippen LogP contribution is 2.36. The van der Waals surface area contributed by atoms with Crippen LogP contribution in [0.25, 0.3) is 0 Å². The zero-order chi connectivity index (χ0) is 22.9. The zero-order valence-electron chi connectivity index (χ0n) is 18.5. The molecule has 4 rings (SSSR count). The van der Waals surface area contributed by atoms with E-state index in [4.69, 9.17) is 4.74 Å². The summed E-state index contributed by atoms with van der Waals surface area (Å²) in [5, 5.41) is 3.37. The highest BCUT2D eigenvalue weighted by molar-refractivity contribution is 7.91. The Labute approximate surface area is 189 Å². The topological polar surface area (TPSA) is 55.4 Å². The lowest BCUT2D eigenvalue weighted by Gasteiger charge is -2.15. The maximum Gasteiger partial charge on any atom is 0.210 e. The van der Waals surface area contributed by atoms with Gasteiger partial charge in [0.15, 0.2) is 6.54 Å². The van der Waals surface area contributed by atoms with E-state index < -0.39 is 9.84 Å². The van der Waals surface area contributed by atoms with Crippen LogP contribution >= 0.6 is 0 Å². The molecule has 4 nitrogen and oxygen atoms in total. The number of rotatable bonds is 5. The molecule has 0 bridgehead atoms. The Balaban J connectivity index is 1.64. The summed E-state index contributed by atoms with van der Waals surface area (Å²) in [4.78, 5) is 0.382. The van der Waals surface area contributed by atoms with E-state index in [2.05, 4.69) is 12.2 Å². The van der Waals surface area contributed by atoms with Crippen LogP contribution in [0.5, 0.6) is 5.75 Å². The first-order valence-corrected chi connectivity index (χ1v) is 12.1. The third-order valence-electron chi connectivity index (χ3n) is 5.96. The smallest absolute Gasteiger partial charge is 0.210 e. The molecule has 0 aromatic heterocycles. The van der Waals surface area contributed by atoms with Crippen molar-refractivity contribution in [3.63, 3.8) is 0 Å². The van der Waals surface area contributed by atoms with E-state index >= 15 is 0 Å². The molecule has 1 N–H and O–H groups in total. The lowest BCUT2D eigenvalue weighted by atomic mass is 10.0. The van der Waals surface area contributed by atoms with E-state index in [1.165, 1.54) is 19.1 Å². The van der Waals surface area contributed by atoms with Crippen LogP contribution in [0, 0.1) is 18.7 Å². The summed E-state index contributed by atoms with van der Waals surface area (Å²) in [6.45, 7) is 4.60. The Hall–Kier alpha value is -2.99. The van der Waals surface area contributed by atoms with Crippen LogP contribution in [0.15, 0.2) is 64.4 Å². The highest BCUT2D eigenvalue weighted by Gasteiger charge is 2.27. The van der Waals surface area contributed by atoms with Gasteiger partial charge in [0.25, 0.3) is 0 Å². The number of halogens is 1. The number of sulfone groups is 1. The minimum absolute atomic E-state index is 0.174. The Bertz CT molecular complexity index is 1240. The number of hydrogen-bond acceptors (Lipinski definition) is 4. The summed E-state index contributed by atoms with van der Waals surface area (Å²) >= 11 is 0. The van der Waals surface area contributed by atoms with Gasteiger partial charge in [-0.15, -0.1) is 0 Å². The Kier molecular flexibility index (Phi) is 6.15. The summed E-state index contributed by atoms with van der Waals surface area (Å²) in [5.41, 5.74) is 4.25. The van der Waals surface area contributed by atoms with Crippen molar-refractivity contribution in [2.45, 2.75) is 42.9 Å². The van der Waals surface area contributed by atoms with Gasteiger partial charge in [0.1, 0.15) is 22.4 Å². The molecule has 1 aliphatic rings. The lowest BCUT2D eigenvalue weighted by Crippen LogP contribution is -2.08. The predicted molar refractivity (Wildman–Crippen MR) is 125 cm³/mol. The second kappa shape index (κ2) is 8.87. The van der Waals surface area contributed by atoms with Crippen molar-refractivity contribution in [1.82, 2.24) is 0 Å². The fourth-order valence-electron chi connectivity index (χ4n) is 3.92. The molecule has 0 spiro atoms. The van der Waals surface area contributed by atoms with Gasteiger partial charge < -0.3 is 10.1 Å². The Morgan fingerprint density at radius 3 is 2.47 bits per heavy atom. The number of anilines is 1. The summed E-state index contributed by atoms with van der Waals surface area (Å²) in [7, 11) is -2.28. The predicted octanol–water partition coefficient (Wildman–Crippen LogP) is 5.52. The number of fused-ring (bicyclic) bond motifs is 1. The van der Waals surface area contributed by atoms with Crippen LogP contribution in [0.1, 0.15) is 35.6 Å². The Morgan fingerprint density at radius 1 is 1.06 bits per heavy atom. The van der Waals surface area contributed by atoms with E-state index in [-0.39, 0.29) is 15.6 Å². The minimum Gasteiger partial charge on any atom is -0.495 e. The van der Waals surface area contributed by atoms with E-state index in [0.29, 0.717) is 17.7 Å². The van der Waals surface area contributed by atoms with Gasteiger partial charge in [0.05, 0.1) is 25.3 Å². The van der Waals surface area contributed by atoms with Gasteiger partial charge in [0, 0.05) is 18.2 Å². The van der Waals surface area contributed by atoms with E-state index in [9.17, 15) is 12.8 Å². The average Bonchev–Trinajstić information content (AvgIpc) is 2.97. The van der Waals surface area contributed by atoms with Crippen molar-refractivity contribution in [3.05, 3.63) is 88.6 Å². The quantitative estimate of drug-likeness (QED) is 0.518. The summed E-state index contributed by atoms with van der Waals surface area (Å²) in [6.07, 6.45) is 2.23. The Morgan fingerprint density at radius 2 is 1.78 bits per heavy atom. The molecule has 0 saturated heterocycles. The number of ether oxygens (including phenoxy) is 1. The largest absolute Gasteiger partial charge is 0.495 e. The fourth-order valence-corrected chi connectivity index (χ4v) is 5.37. The van der Waals surface area contributed by atoms with E-state index in [0.717, 1.165) is 41.8 Å². The van der Waals surface area contributed by atoms with Crippen LogP contribution < -0.4 is 10.1 Å². The van der Waals surface area contributed by atoms with Gasteiger partial charge in [-0.3, -0.25) is 0 Å². The van der Waals surface area contributed by atoms with Gasteiger partial charge in [-0.05, 0) is 59.9 Å². The van der Waals surface area contributed by atoms with Gasteiger partial charge >= 0.3 is 0 Å². The standard InChI is InChI=1S/C26H27FNO3S/c1-17-4-9-21-14-26(25(31-3)15-24(21)28-16-17)32(29,30)22-10-7-19(8-11-22)12-20-6-5-18(2)23(27)13-20/h5-8,10-11,13-15,28H,4,9,12,16H2,1-3H3/q+1. The maximum absolute atomic E-state index is 13.8.